The van der Waals surface area contributed by atoms with E-state index in [1.54, 1.807) is 6.07 Å². The summed E-state index contributed by atoms with van der Waals surface area (Å²) in [6.45, 7) is 3.25. The van der Waals surface area contributed by atoms with Crippen LogP contribution in [-0.2, 0) is 6.54 Å². The van der Waals surface area contributed by atoms with Gasteiger partial charge in [-0.3, -0.25) is 0 Å². The van der Waals surface area contributed by atoms with E-state index < -0.39 is 0 Å². The van der Waals surface area contributed by atoms with Gasteiger partial charge in [0.25, 0.3) is 0 Å². The van der Waals surface area contributed by atoms with Gasteiger partial charge in [-0.1, -0.05) is 23.2 Å². The average Bonchev–Trinajstić information content (AvgIpc) is 2.95. The molecule has 0 amide bonds. The largest absolute Gasteiger partial charge is 0.492 e. The molecule has 1 aliphatic heterocycles. The molecule has 0 aliphatic carbocycles. The van der Waals surface area contributed by atoms with Gasteiger partial charge in [-0.25, -0.2) is 0 Å². The number of halogens is 2. The van der Waals surface area contributed by atoms with Crippen molar-refractivity contribution in [3.63, 3.8) is 0 Å². The van der Waals surface area contributed by atoms with Gasteiger partial charge in [0.05, 0.1) is 11.6 Å². The number of anilines is 1. The summed E-state index contributed by atoms with van der Waals surface area (Å²) >= 11 is 12.3. The van der Waals surface area contributed by atoms with Crippen LogP contribution in [0.3, 0.4) is 0 Å². The van der Waals surface area contributed by atoms with Crippen LogP contribution in [0, 0.1) is 0 Å². The molecule has 1 aliphatic rings. The van der Waals surface area contributed by atoms with Crippen molar-refractivity contribution in [3.05, 3.63) is 45.9 Å². The molecule has 0 unspecified atom stereocenters. The quantitative estimate of drug-likeness (QED) is 0.854. The van der Waals surface area contributed by atoms with Gasteiger partial charge in [0.1, 0.15) is 5.75 Å². The SMILES string of the molecule is CCOc1c(Cl)cc(Cl)cc1CNc1ccc2c(c1)OCO2. The maximum Gasteiger partial charge on any atom is 0.231 e. The van der Waals surface area contributed by atoms with E-state index in [-0.39, 0.29) is 6.79 Å². The zero-order valence-corrected chi connectivity index (χ0v) is 13.5. The van der Waals surface area contributed by atoms with Crippen LogP contribution in [0.5, 0.6) is 17.2 Å². The Hall–Kier alpha value is -1.78. The molecule has 0 saturated carbocycles. The van der Waals surface area contributed by atoms with Crippen molar-refractivity contribution in [2.24, 2.45) is 0 Å². The minimum absolute atomic E-state index is 0.261. The maximum atomic E-state index is 6.20. The van der Waals surface area contributed by atoms with Gasteiger partial charge in [-0.15, -0.1) is 0 Å². The van der Waals surface area contributed by atoms with E-state index in [4.69, 9.17) is 37.4 Å². The number of fused-ring (bicyclic) bond motifs is 1. The van der Waals surface area contributed by atoms with Crippen molar-refractivity contribution < 1.29 is 14.2 Å². The molecule has 2 aromatic carbocycles. The molecule has 1 heterocycles. The molecule has 0 atom stereocenters. The second kappa shape index (κ2) is 6.55. The predicted molar refractivity (Wildman–Crippen MR) is 87.5 cm³/mol. The number of hydrogen-bond donors (Lipinski definition) is 1. The van der Waals surface area contributed by atoms with Crippen molar-refractivity contribution >= 4 is 28.9 Å². The van der Waals surface area contributed by atoms with Gasteiger partial charge < -0.3 is 19.5 Å². The molecule has 0 saturated heterocycles. The molecule has 22 heavy (non-hydrogen) atoms. The first-order chi connectivity index (χ1) is 10.7. The molecule has 6 heteroatoms. The number of benzene rings is 2. The highest BCUT2D eigenvalue weighted by Crippen LogP contribution is 2.36. The van der Waals surface area contributed by atoms with E-state index >= 15 is 0 Å². The van der Waals surface area contributed by atoms with E-state index in [1.807, 2.05) is 31.2 Å². The van der Waals surface area contributed by atoms with E-state index in [0.717, 1.165) is 22.7 Å². The van der Waals surface area contributed by atoms with Crippen molar-refractivity contribution in [2.75, 3.05) is 18.7 Å². The van der Waals surface area contributed by atoms with Crippen LogP contribution in [-0.4, -0.2) is 13.4 Å². The summed E-state index contributed by atoms with van der Waals surface area (Å²) in [7, 11) is 0. The van der Waals surface area contributed by atoms with Crippen molar-refractivity contribution in [1.82, 2.24) is 0 Å². The van der Waals surface area contributed by atoms with E-state index in [2.05, 4.69) is 5.32 Å². The molecule has 116 valence electrons. The van der Waals surface area contributed by atoms with Crippen LogP contribution in [0.2, 0.25) is 10.0 Å². The summed E-state index contributed by atoms with van der Waals surface area (Å²) in [5, 5.41) is 4.40. The Labute approximate surface area is 138 Å². The van der Waals surface area contributed by atoms with Crippen molar-refractivity contribution in [3.8, 4) is 17.2 Å². The smallest absolute Gasteiger partial charge is 0.231 e. The van der Waals surface area contributed by atoms with E-state index in [9.17, 15) is 0 Å². The fourth-order valence-electron chi connectivity index (χ4n) is 2.25. The summed E-state index contributed by atoms with van der Waals surface area (Å²) in [4.78, 5) is 0. The zero-order valence-electron chi connectivity index (χ0n) is 12.0. The lowest BCUT2D eigenvalue weighted by atomic mass is 10.2. The van der Waals surface area contributed by atoms with Crippen LogP contribution in [0.1, 0.15) is 12.5 Å². The molecule has 3 rings (SSSR count). The second-order valence-electron chi connectivity index (χ2n) is 4.73. The topological polar surface area (TPSA) is 39.7 Å². The van der Waals surface area contributed by atoms with Crippen molar-refractivity contribution in [1.29, 1.82) is 0 Å². The number of hydrogen-bond acceptors (Lipinski definition) is 4. The molecule has 0 bridgehead atoms. The average molecular weight is 340 g/mol. The number of nitrogens with one attached hydrogen (secondary N) is 1. The molecule has 0 fully saturated rings. The third-order valence-corrected chi connectivity index (χ3v) is 3.73. The van der Waals surface area contributed by atoms with Crippen molar-refractivity contribution in [2.45, 2.75) is 13.5 Å². The predicted octanol–water partition coefficient (Wildman–Crippen LogP) is 4.73. The first-order valence-electron chi connectivity index (χ1n) is 6.91. The number of rotatable bonds is 5. The van der Waals surface area contributed by atoms with E-state index in [0.29, 0.717) is 28.9 Å². The highest BCUT2D eigenvalue weighted by atomic mass is 35.5. The Kier molecular flexibility index (Phi) is 4.50. The van der Waals surface area contributed by atoms with Crippen LogP contribution < -0.4 is 19.5 Å². The third-order valence-electron chi connectivity index (χ3n) is 3.23. The molecule has 2 aromatic rings. The molecule has 0 aromatic heterocycles. The Bertz CT molecular complexity index is 691. The fraction of sp³-hybridized carbons (Fsp3) is 0.250. The summed E-state index contributed by atoms with van der Waals surface area (Å²) in [6.07, 6.45) is 0. The van der Waals surface area contributed by atoms with E-state index in [1.165, 1.54) is 0 Å². The first-order valence-corrected chi connectivity index (χ1v) is 7.67. The lowest BCUT2D eigenvalue weighted by Crippen LogP contribution is -2.04. The summed E-state index contributed by atoms with van der Waals surface area (Å²) in [5.74, 6) is 2.15. The first kappa shape index (κ1) is 15.1. The Balaban J connectivity index is 1.78. The summed E-state index contributed by atoms with van der Waals surface area (Å²) in [6, 6.07) is 9.23. The second-order valence-corrected chi connectivity index (χ2v) is 5.57. The molecule has 1 N–H and O–H groups in total. The summed E-state index contributed by atoms with van der Waals surface area (Å²) < 4.78 is 16.3. The third kappa shape index (κ3) is 3.18. The molecule has 0 radical (unpaired) electrons. The highest BCUT2D eigenvalue weighted by Gasteiger charge is 2.14. The van der Waals surface area contributed by atoms with Gasteiger partial charge in [0.15, 0.2) is 11.5 Å². The minimum atomic E-state index is 0.261. The molecule has 4 nitrogen and oxygen atoms in total. The maximum absolute atomic E-state index is 6.20. The van der Waals surface area contributed by atoms with Crippen LogP contribution in [0.25, 0.3) is 0 Å². The van der Waals surface area contributed by atoms with Crippen LogP contribution in [0.4, 0.5) is 5.69 Å². The highest BCUT2D eigenvalue weighted by molar-refractivity contribution is 6.35. The Morgan fingerprint density at radius 3 is 2.77 bits per heavy atom. The van der Waals surface area contributed by atoms with Crippen LogP contribution >= 0.6 is 23.2 Å². The van der Waals surface area contributed by atoms with Gasteiger partial charge >= 0.3 is 0 Å². The Morgan fingerprint density at radius 1 is 1.14 bits per heavy atom. The fourth-order valence-corrected chi connectivity index (χ4v) is 2.84. The van der Waals surface area contributed by atoms with Crippen LogP contribution in [0.15, 0.2) is 30.3 Å². The Morgan fingerprint density at radius 2 is 1.95 bits per heavy atom. The minimum Gasteiger partial charge on any atom is -0.492 e. The van der Waals surface area contributed by atoms with Gasteiger partial charge in [0, 0.05) is 28.9 Å². The van der Waals surface area contributed by atoms with Gasteiger partial charge in [-0.2, -0.15) is 0 Å². The lowest BCUT2D eigenvalue weighted by Gasteiger charge is -2.14. The zero-order chi connectivity index (χ0) is 15.5. The summed E-state index contributed by atoms with van der Waals surface area (Å²) in [5.41, 5.74) is 1.82. The molecule has 0 spiro atoms. The number of ether oxygens (including phenoxy) is 3. The standard InChI is InChI=1S/C16H15Cl2NO3/c1-2-20-16-10(5-11(17)6-13(16)18)8-19-12-3-4-14-15(7-12)22-9-21-14/h3-7,19H,2,8-9H2,1H3. The monoisotopic (exact) mass is 339 g/mol. The van der Waals surface area contributed by atoms with Gasteiger partial charge in [0.2, 0.25) is 6.79 Å². The normalized spacial score (nSPS) is 12.3. The lowest BCUT2D eigenvalue weighted by molar-refractivity contribution is 0.174. The van der Waals surface area contributed by atoms with Gasteiger partial charge in [-0.05, 0) is 31.2 Å². The molecular weight excluding hydrogens is 325 g/mol. The molecular formula is C16H15Cl2NO3.